The normalized spacial score (nSPS) is 13.9. The number of hydrogen-bond acceptors (Lipinski definition) is 7. The van der Waals surface area contributed by atoms with Gasteiger partial charge in [0.25, 0.3) is 0 Å². The molecule has 10 nitrogen and oxygen atoms in total. The minimum absolute atomic E-state index is 0.194. The van der Waals surface area contributed by atoms with Crippen LogP contribution in [0.5, 0.6) is 0 Å². The zero-order chi connectivity index (χ0) is 14.8. The third-order valence-corrected chi connectivity index (χ3v) is 2.78. The minimum atomic E-state index is -4.30. The fourth-order valence-electron chi connectivity index (χ4n) is 1.35. The number of anilines is 1. The van der Waals surface area contributed by atoms with Crippen LogP contribution in [-0.4, -0.2) is 47.3 Å². The highest BCUT2D eigenvalue weighted by molar-refractivity contribution is 7.55. The number of nitrogens with zero attached hydrogens (tertiary/aromatic N) is 4. The molecule has 0 radical (unpaired) electrons. The molecule has 20 heavy (non-hydrogen) atoms. The number of imidazole rings is 1. The van der Waals surface area contributed by atoms with Crippen molar-refractivity contribution in [1.29, 1.82) is 0 Å². The van der Waals surface area contributed by atoms with Crippen molar-refractivity contribution in [1.82, 2.24) is 19.7 Å². The topological polar surface area (TPSA) is 157 Å². The Bertz CT molecular complexity index is 680. The Hall–Kier alpha value is -2.00. The second kappa shape index (κ2) is 5.55. The van der Waals surface area contributed by atoms with Crippen molar-refractivity contribution < 1.29 is 24.3 Å². The van der Waals surface area contributed by atoms with Crippen molar-refractivity contribution in [2.24, 2.45) is 0 Å². The van der Waals surface area contributed by atoms with Gasteiger partial charge >= 0.3 is 7.60 Å². The van der Waals surface area contributed by atoms with Crippen LogP contribution in [0.3, 0.4) is 0 Å². The average Bonchev–Trinajstić information content (AvgIpc) is 2.78. The summed E-state index contributed by atoms with van der Waals surface area (Å²) < 4.78 is 11.8. The van der Waals surface area contributed by atoms with E-state index >= 15 is 0 Å². The summed E-state index contributed by atoms with van der Waals surface area (Å²) in [6.45, 7) is -0.244. The van der Waals surface area contributed by atoms with Gasteiger partial charge in [-0.3, -0.25) is 4.57 Å². The first-order valence-corrected chi connectivity index (χ1v) is 7.04. The smallest absolute Gasteiger partial charge is 0.348 e. The molecule has 0 bridgehead atoms. The Kier molecular flexibility index (Phi) is 4.00. The highest BCUT2D eigenvalue weighted by atomic mass is 31.2. The van der Waals surface area contributed by atoms with Crippen LogP contribution in [0.2, 0.25) is 0 Å². The van der Waals surface area contributed by atoms with Gasteiger partial charge in [0.15, 0.2) is 11.3 Å². The summed E-state index contributed by atoms with van der Waals surface area (Å²) >= 11 is 0. The largest absolute Gasteiger partial charge is 0.408 e. The van der Waals surface area contributed by atoms with Gasteiger partial charge < -0.3 is 25.5 Å². The minimum Gasteiger partial charge on any atom is -0.408 e. The first kappa shape index (κ1) is 14.4. The Morgan fingerprint density at radius 3 is 2.90 bits per heavy atom. The maximum absolute atomic E-state index is 10.6. The van der Waals surface area contributed by atoms with E-state index in [1.54, 1.807) is 0 Å². The first-order chi connectivity index (χ1) is 9.37. The molecular formula is C9H12N5O5P. The molecule has 0 aliphatic heterocycles. The molecule has 0 aliphatic rings. The summed E-state index contributed by atoms with van der Waals surface area (Å²) in [4.78, 5) is 34.1. The van der Waals surface area contributed by atoms with Crippen molar-refractivity contribution in [3.63, 3.8) is 0 Å². The van der Waals surface area contributed by atoms with E-state index in [0.717, 1.165) is 6.08 Å². The third kappa shape index (κ3) is 3.52. The van der Waals surface area contributed by atoms with E-state index in [4.69, 9.17) is 20.4 Å². The maximum Gasteiger partial charge on any atom is 0.348 e. The van der Waals surface area contributed by atoms with Crippen LogP contribution in [-0.2, 0) is 4.57 Å². The van der Waals surface area contributed by atoms with Gasteiger partial charge in [-0.25, -0.2) is 15.0 Å². The van der Waals surface area contributed by atoms with Crippen molar-refractivity contribution in [3.05, 3.63) is 24.5 Å². The lowest BCUT2D eigenvalue weighted by molar-refractivity contribution is 0.0516. The Labute approximate surface area is 112 Å². The molecule has 0 aliphatic carbocycles. The number of aromatic nitrogens is 4. The van der Waals surface area contributed by atoms with Gasteiger partial charge in [0.2, 0.25) is 5.65 Å². The summed E-state index contributed by atoms with van der Waals surface area (Å²) in [5.41, 5.74) is 6.27. The first-order valence-electron chi connectivity index (χ1n) is 5.36. The lowest BCUT2D eigenvalue weighted by Crippen LogP contribution is -2.22. The molecule has 2 aromatic rings. The monoisotopic (exact) mass is 301 g/mol. The lowest BCUT2D eigenvalue weighted by Gasteiger charge is -2.09. The quantitative estimate of drug-likeness (QED) is 0.502. The standard InChI is InChI=1S/C9H12N5O5P/c10-8-7-9(12-4-11-8)14(5-13-7)19-3-6(15)1-2-20(16,17)18/h1-2,4-6,15H,3H2,(H2,10,11,12)(H2,16,17,18)/t6-/m1/s1. The van der Waals surface area contributed by atoms with E-state index in [-0.39, 0.29) is 12.4 Å². The van der Waals surface area contributed by atoms with Gasteiger partial charge in [-0.05, 0) is 6.08 Å². The van der Waals surface area contributed by atoms with Crippen molar-refractivity contribution in [3.8, 4) is 0 Å². The molecular weight excluding hydrogens is 289 g/mol. The van der Waals surface area contributed by atoms with Gasteiger partial charge in [-0.15, -0.1) is 0 Å². The molecule has 0 spiro atoms. The molecule has 0 fully saturated rings. The Morgan fingerprint density at radius 1 is 1.45 bits per heavy atom. The van der Waals surface area contributed by atoms with Gasteiger partial charge in [-0.1, -0.05) is 0 Å². The highest BCUT2D eigenvalue weighted by Crippen LogP contribution is 2.35. The molecule has 2 rings (SSSR count). The Morgan fingerprint density at radius 2 is 2.20 bits per heavy atom. The van der Waals surface area contributed by atoms with Crippen LogP contribution in [0, 0.1) is 0 Å². The number of nitrogens with two attached hydrogens (primary N) is 1. The van der Waals surface area contributed by atoms with E-state index in [9.17, 15) is 9.67 Å². The number of hydrogen-bond donors (Lipinski definition) is 4. The van der Waals surface area contributed by atoms with Gasteiger partial charge in [0.1, 0.15) is 25.4 Å². The molecule has 0 aromatic carbocycles. The molecule has 1 atom stereocenters. The molecule has 0 saturated heterocycles. The number of aliphatic hydroxyl groups is 1. The zero-order valence-corrected chi connectivity index (χ0v) is 11.0. The van der Waals surface area contributed by atoms with Gasteiger partial charge in [0.05, 0.1) is 0 Å². The molecule has 2 aromatic heterocycles. The summed E-state index contributed by atoms with van der Waals surface area (Å²) in [6, 6.07) is 0. The number of fused-ring (bicyclic) bond motifs is 1. The van der Waals surface area contributed by atoms with Crippen LogP contribution in [0.4, 0.5) is 5.82 Å². The Balaban J connectivity index is 2.05. The van der Waals surface area contributed by atoms with Gasteiger partial charge in [-0.2, -0.15) is 4.73 Å². The molecule has 0 saturated carbocycles. The summed E-state index contributed by atoms with van der Waals surface area (Å²) in [5.74, 6) is 0.798. The summed E-state index contributed by atoms with van der Waals surface area (Å²) in [7, 11) is -4.30. The third-order valence-electron chi connectivity index (χ3n) is 2.22. The molecule has 11 heteroatoms. The number of nitrogen functional groups attached to an aromatic ring is 1. The van der Waals surface area contributed by atoms with Crippen LogP contribution in [0.1, 0.15) is 0 Å². The van der Waals surface area contributed by atoms with Crippen LogP contribution in [0.25, 0.3) is 11.2 Å². The fraction of sp³-hybridized carbons (Fsp3) is 0.222. The van der Waals surface area contributed by atoms with Crippen LogP contribution in [0.15, 0.2) is 24.5 Å². The summed E-state index contributed by atoms with van der Waals surface area (Å²) in [6.07, 6.45) is 2.29. The van der Waals surface area contributed by atoms with E-state index in [1.165, 1.54) is 17.4 Å². The predicted molar refractivity (Wildman–Crippen MR) is 68.4 cm³/mol. The maximum atomic E-state index is 10.6. The van der Waals surface area contributed by atoms with E-state index in [0.29, 0.717) is 17.0 Å². The molecule has 108 valence electrons. The van der Waals surface area contributed by atoms with Crippen molar-refractivity contribution in [2.45, 2.75) is 6.10 Å². The zero-order valence-electron chi connectivity index (χ0n) is 10.1. The van der Waals surface area contributed by atoms with Crippen LogP contribution >= 0.6 is 7.60 Å². The second-order valence-corrected chi connectivity index (χ2v) is 5.27. The average molecular weight is 301 g/mol. The van der Waals surface area contributed by atoms with Crippen LogP contribution < -0.4 is 10.6 Å². The molecule has 0 unspecified atom stereocenters. The molecule has 0 amide bonds. The molecule has 2 heterocycles. The fourth-order valence-corrected chi connectivity index (χ4v) is 1.77. The second-order valence-electron chi connectivity index (χ2n) is 3.80. The molecule has 5 N–H and O–H groups in total. The number of rotatable bonds is 5. The van der Waals surface area contributed by atoms with Gasteiger partial charge in [0, 0.05) is 5.82 Å². The highest BCUT2D eigenvalue weighted by Gasteiger charge is 2.11. The van der Waals surface area contributed by atoms with E-state index in [1.807, 2.05) is 0 Å². The van der Waals surface area contributed by atoms with Crippen molar-refractivity contribution >= 4 is 24.6 Å². The lowest BCUT2D eigenvalue weighted by atomic mass is 10.4. The van der Waals surface area contributed by atoms with E-state index in [2.05, 4.69) is 15.0 Å². The summed E-state index contributed by atoms with van der Waals surface area (Å²) in [5, 5.41) is 9.49. The van der Waals surface area contributed by atoms with E-state index < -0.39 is 13.7 Å². The van der Waals surface area contributed by atoms with Crippen molar-refractivity contribution in [2.75, 3.05) is 12.3 Å². The number of aliphatic hydroxyl groups excluding tert-OH is 1. The predicted octanol–water partition coefficient (Wildman–Crippen LogP) is -1.11. The SMILES string of the molecule is Nc1ncnc2c1ncn2OC[C@H](O)C=CP(=O)(O)O.